The Morgan fingerprint density at radius 3 is 2.70 bits per heavy atom. The quantitative estimate of drug-likeness (QED) is 0.689. The summed E-state index contributed by atoms with van der Waals surface area (Å²) in [6.45, 7) is 1.85. The van der Waals surface area contributed by atoms with Gasteiger partial charge in [0.25, 0.3) is 5.69 Å². The highest BCUT2D eigenvalue weighted by molar-refractivity contribution is 5.95. The van der Waals surface area contributed by atoms with E-state index in [4.69, 9.17) is 4.74 Å². The summed E-state index contributed by atoms with van der Waals surface area (Å²) >= 11 is 0. The maximum Gasteiger partial charge on any atom is 0.277 e. The molecule has 1 aliphatic rings. The smallest absolute Gasteiger partial charge is 0.277 e. The Morgan fingerprint density at radius 2 is 2.00 bits per heavy atom. The van der Waals surface area contributed by atoms with Gasteiger partial charge in [-0.2, -0.15) is 0 Å². The zero-order valence-corrected chi connectivity index (χ0v) is 11.0. The topological polar surface area (TPSA) is 64.4 Å². The highest BCUT2D eigenvalue weighted by Gasteiger charge is 2.18. The normalized spacial score (nSPS) is 18.9. The van der Waals surface area contributed by atoms with Gasteiger partial charge in [-0.1, -0.05) is 18.2 Å². The van der Waals surface area contributed by atoms with Crippen molar-refractivity contribution in [1.29, 1.82) is 0 Å². The minimum Gasteiger partial charge on any atom is -0.488 e. The van der Waals surface area contributed by atoms with Crippen LogP contribution in [0.15, 0.2) is 36.4 Å². The first-order chi connectivity index (χ1) is 9.75. The number of nitro benzene ring substituents is 1. The van der Waals surface area contributed by atoms with Crippen molar-refractivity contribution in [3.63, 3.8) is 0 Å². The van der Waals surface area contributed by atoms with Crippen molar-refractivity contribution in [2.75, 3.05) is 13.1 Å². The molecule has 2 aromatic rings. The highest BCUT2D eigenvalue weighted by atomic mass is 16.6. The molecule has 1 heterocycles. The van der Waals surface area contributed by atoms with Crippen LogP contribution in [0.5, 0.6) is 5.75 Å². The maximum absolute atomic E-state index is 11.1. The molecule has 2 aromatic carbocycles. The molecule has 1 N–H and O–H groups in total. The van der Waals surface area contributed by atoms with Gasteiger partial charge in [-0.25, -0.2) is 0 Å². The van der Waals surface area contributed by atoms with Crippen molar-refractivity contribution >= 4 is 16.5 Å². The van der Waals surface area contributed by atoms with Crippen LogP contribution in [0.25, 0.3) is 10.8 Å². The van der Waals surface area contributed by atoms with Crippen LogP contribution in [0.1, 0.15) is 12.8 Å². The van der Waals surface area contributed by atoms with Crippen LogP contribution >= 0.6 is 0 Å². The summed E-state index contributed by atoms with van der Waals surface area (Å²) in [7, 11) is 0. The average molecular weight is 272 g/mol. The standard InChI is InChI=1S/C15H16N2O3/c18-17(19)14-7-8-15(13-6-2-1-5-12(13)14)20-11-4-3-9-16-10-11/h1-2,5-8,11,16H,3-4,9-10H2. The minimum atomic E-state index is -0.353. The van der Waals surface area contributed by atoms with E-state index in [0.717, 1.165) is 37.1 Å². The summed E-state index contributed by atoms with van der Waals surface area (Å²) in [4.78, 5) is 10.7. The molecular formula is C15H16N2O3. The Hall–Kier alpha value is -2.14. The monoisotopic (exact) mass is 272 g/mol. The van der Waals surface area contributed by atoms with Crippen molar-refractivity contribution in [3.8, 4) is 5.75 Å². The molecule has 1 saturated heterocycles. The van der Waals surface area contributed by atoms with E-state index in [2.05, 4.69) is 5.32 Å². The molecule has 1 aliphatic heterocycles. The first-order valence-electron chi connectivity index (χ1n) is 6.79. The average Bonchev–Trinajstić information content (AvgIpc) is 2.48. The molecule has 0 aliphatic carbocycles. The number of ether oxygens (including phenoxy) is 1. The molecule has 0 spiro atoms. The van der Waals surface area contributed by atoms with E-state index in [-0.39, 0.29) is 16.7 Å². The maximum atomic E-state index is 11.1. The molecule has 1 unspecified atom stereocenters. The largest absolute Gasteiger partial charge is 0.488 e. The van der Waals surface area contributed by atoms with Gasteiger partial charge in [0.2, 0.25) is 0 Å². The number of hydrogen-bond acceptors (Lipinski definition) is 4. The number of benzene rings is 2. The molecule has 3 rings (SSSR count). The highest BCUT2D eigenvalue weighted by Crippen LogP contribution is 2.33. The van der Waals surface area contributed by atoms with Gasteiger partial charge in [0.1, 0.15) is 11.9 Å². The molecule has 1 fully saturated rings. The van der Waals surface area contributed by atoms with E-state index >= 15 is 0 Å². The van der Waals surface area contributed by atoms with Gasteiger partial charge >= 0.3 is 0 Å². The van der Waals surface area contributed by atoms with E-state index in [0.29, 0.717) is 5.39 Å². The van der Waals surface area contributed by atoms with Crippen molar-refractivity contribution in [2.24, 2.45) is 0 Å². The van der Waals surface area contributed by atoms with Gasteiger partial charge in [0.15, 0.2) is 0 Å². The Morgan fingerprint density at radius 1 is 1.20 bits per heavy atom. The molecule has 0 aromatic heterocycles. The van der Waals surface area contributed by atoms with Gasteiger partial charge in [-0.05, 0) is 31.5 Å². The van der Waals surface area contributed by atoms with Crippen LogP contribution in [-0.2, 0) is 0 Å². The molecule has 0 amide bonds. The van der Waals surface area contributed by atoms with Crippen LogP contribution < -0.4 is 10.1 Å². The number of nitro groups is 1. The molecule has 5 nitrogen and oxygen atoms in total. The summed E-state index contributed by atoms with van der Waals surface area (Å²) in [5.74, 6) is 0.722. The number of non-ortho nitro benzene ring substituents is 1. The van der Waals surface area contributed by atoms with Crippen LogP contribution in [-0.4, -0.2) is 24.1 Å². The minimum absolute atomic E-state index is 0.120. The third kappa shape index (κ3) is 2.44. The van der Waals surface area contributed by atoms with Crippen molar-refractivity contribution < 1.29 is 9.66 Å². The summed E-state index contributed by atoms with van der Waals surface area (Å²) < 4.78 is 6.02. The predicted molar refractivity (Wildman–Crippen MR) is 77.1 cm³/mol. The van der Waals surface area contributed by atoms with Gasteiger partial charge in [-0.3, -0.25) is 10.1 Å². The fourth-order valence-electron chi connectivity index (χ4n) is 2.62. The van der Waals surface area contributed by atoms with Gasteiger partial charge < -0.3 is 10.1 Å². The molecule has 1 atom stereocenters. The van der Waals surface area contributed by atoms with E-state index in [1.807, 2.05) is 12.1 Å². The van der Waals surface area contributed by atoms with E-state index in [1.54, 1.807) is 18.2 Å². The zero-order valence-electron chi connectivity index (χ0n) is 11.0. The Kier molecular flexibility index (Phi) is 3.52. The summed E-state index contributed by atoms with van der Waals surface area (Å²) in [5.41, 5.74) is 0.120. The molecule has 0 bridgehead atoms. The fourth-order valence-corrected chi connectivity index (χ4v) is 2.62. The van der Waals surface area contributed by atoms with Gasteiger partial charge in [0, 0.05) is 18.0 Å². The van der Waals surface area contributed by atoms with Crippen LogP contribution in [0.4, 0.5) is 5.69 Å². The van der Waals surface area contributed by atoms with E-state index in [1.165, 1.54) is 6.07 Å². The first-order valence-corrected chi connectivity index (χ1v) is 6.79. The second kappa shape index (κ2) is 5.46. The molecule has 104 valence electrons. The van der Waals surface area contributed by atoms with Crippen molar-refractivity contribution in [1.82, 2.24) is 5.32 Å². The van der Waals surface area contributed by atoms with Crippen molar-refractivity contribution in [2.45, 2.75) is 18.9 Å². The predicted octanol–water partition coefficient (Wildman–Crippen LogP) is 2.88. The number of nitrogens with zero attached hydrogens (tertiary/aromatic N) is 1. The molecular weight excluding hydrogens is 256 g/mol. The van der Waals surface area contributed by atoms with Crippen LogP contribution in [0.3, 0.4) is 0 Å². The number of hydrogen-bond donors (Lipinski definition) is 1. The van der Waals surface area contributed by atoms with E-state index < -0.39 is 0 Å². The zero-order chi connectivity index (χ0) is 13.9. The number of piperidine rings is 1. The fraction of sp³-hybridized carbons (Fsp3) is 0.333. The molecule has 5 heteroatoms. The lowest BCUT2D eigenvalue weighted by molar-refractivity contribution is -0.383. The second-order valence-corrected chi connectivity index (χ2v) is 4.97. The Bertz CT molecular complexity index is 636. The van der Waals surface area contributed by atoms with Crippen molar-refractivity contribution in [3.05, 3.63) is 46.5 Å². The summed E-state index contributed by atoms with van der Waals surface area (Å²) in [6, 6.07) is 10.5. The number of nitrogens with one attached hydrogen (secondary N) is 1. The van der Waals surface area contributed by atoms with Gasteiger partial charge in [-0.15, -0.1) is 0 Å². The number of rotatable bonds is 3. The lowest BCUT2D eigenvalue weighted by atomic mass is 10.1. The third-order valence-corrected chi connectivity index (χ3v) is 3.60. The molecule has 20 heavy (non-hydrogen) atoms. The summed E-state index contributed by atoms with van der Waals surface area (Å²) in [5, 5.41) is 15.8. The first kappa shape index (κ1) is 12.9. The van der Waals surface area contributed by atoms with Crippen LogP contribution in [0, 0.1) is 10.1 Å². The van der Waals surface area contributed by atoms with Crippen LogP contribution in [0.2, 0.25) is 0 Å². The van der Waals surface area contributed by atoms with Gasteiger partial charge in [0.05, 0.1) is 10.3 Å². The second-order valence-electron chi connectivity index (χ2n) is 4.97. The summed E-state index contributed by atoms with van der Waals surface area (Å²) in [6.07, 6.45) is 2.24. The Labute approximate surface area is 116 Å². The molecule has 0 radical (unpaired) electrons. The number of fused-ring (bicyclic) bond motifs is 1. The lowest BCUT2D eigenvalue weighted by Crippen LogP contribution is -2.37. The molecule has 0 saturated carbocycles. The van der Waals surface area contributed by atoms with E-state index in [9.17, 15) is 10.1 Å². The lowest BCUT2D eigenvalue weighted by Gasteiger charge is -2.24. The Balaban J connectivity index is 1.99. The SMILES string of the molecule is O=[N+]([O-])c1ccc(OC2CCCNC2)c2ccccc12. The third-order valence-electron chi connectivity index (χ3n) is 3.60.